The number of nitrogens with zero attached hydrogens (tertiary/aromatic N) is 1. The van der Waals surface area contributed by atoms with E-state index in [2.05, 4.69) is 21.2 Å². The summed E-state index contributed by atoms with van der Waals surface area (Å²) >= 11 is 3.44. The molecule has 1 amide bonds. The van der Waals surface area contributed by atoms with Gasteiger partial charge in [0, 0.05) is 29.3 Å². The van der Waals surface area contributed by atoms with E-state index < -0.39 is 11.6 Å². The van der Waals surface area contributed by atoms with E-state index in [0.29, 0.717) is 19.7 Å². The molecule has 2 aromatic carbocycles. The first-order valence-electron chi connectivity index (χ1n) is 7.85. The summed E-state index contributed by atoms with van der Waals surface area (Å²) in [6.07, 6.45) is -0.109. The van der Waals surface area contributed by atoms with E-state index in [1.165, 1.54) is 6.07 Å². The molecule has 25 heavy (non-hydrogen) atoms. The van der Waals surface area contributed by atoms with E-state index in [1.807, 2.05) is 29.2 Å². The zero-order valence-electron chi connectivity index (χ0n) is 13.3. The van der Waals surface area contributed by atoms with E-state index in [4.69, 9.17) is 4.74 Å². The lowest BCUT2D eigenvalue weighted by molar-refractivity contribution is -0.119. The monoisotopic (exact) mass is 410 g/mol. The number of carbonyl (C=O) groups excluding carboxylic acids is 1. The molecule has 3 rings (SSSR count). The molecule has 1 heterocycles. The summed E-state index contributed by atoms with van der Waals surface area (Å²) in [4.78, 5) is 14.1. The SMILES string of the molecule is O=C(CN1CCOC(c2cccc(Br)c2)C1)Nc1ccc(F)c(F)c1. The minimum atomic E-state index is -0.987. The molecule has 1 fully saturated rings. The first-order chi connectivity index (χ1) is 12.0. The average molecular weight is 411 g/mol. The van der Waals surface area contributed by atoms with Gasteiger partial charge in [-0.2, -0.15) is 0 Å². The summed E-state index contributed by atoms with van der Waals surface area (Å²) < 4.78 is 32.9. The highest BCUT2D eigenvalue weighted by molar-refractivity contribution is 9.10. The highest BCUT2D eigenvalue weighted by atomic mass is 79.9. The van der Waals surface area contributed by atoms with E-state index in [1.54, 1.807) is 0 Å². The fourth-order valence-corrected chi connectivity index (χ4v) is 3.15. The third-order valence-electron chi connectivity index (χ3n) is 3.94. The van der Waals surface area contributed by atoms with Crippen LogP contribution in [0.1, 0.15) is 11.7 Å². The van der Waals surface area contributed by atoms with Crippen LogP contribution in [0.4, 0.5) is 14.5 Å². The van der Waals surface area contributed by atoms with E-state index in [9.17, 15) is 13.6 Å². The molecule has 0 radical (unpaired) electrons. The number of ether oxygens (including phenoxy) is 1. The summed E-state index contributed by atoms with van der Waals surface area (Å²) in [5, 5.41) is 2.59. The van der Waals surface area contributed by atoms with Crippen molar-refractivity contribution in [3.8, 4) is 0 Å². The first-order valence-corrected chi connectivity index (χ1v) is 8.65. The Hall–Kier alpha value is -1.83. The van der Waals surface area contributed by atoms with Crippen molar-refractivity contribution in [1.29, 1.82) is 0 Å². The molecule has 0 aromatic heterocycles. The summed E-state index contributed by atoms with van der Waals surface area (Å²) in [5.74, 6) is -2.21. The molecule has 0 spiro atoms. The van der Waals surface area contributed by atoms with Crippen LogP contribution in [0.25, 0.3) is 0 Å². The molecular weight excluding hydrogens is 394 g/mol. The number of nitrogens with one attached hydrogen (secondary N) is 1. The van der Waals surface area contributed by atoms with Gasteiger partial charge in [0.15, 0.2) is 11.6 Å². The number of carbonyl (C=O) groups is 1. The molecule has 132 valence electrons. The molecule has 1 saturated heterocycles. The van der Waals surface area contributed by atoms with Crippen LogP contribution in [-0.4, -0.2) is 37.0 Å². The number of hydrogen-bond acceptors (Lipinski definition) is 3. The largest absolute Gasteiger partial charge is 0.371 e. The smallest absolute Gasteiger partial charge is 0.238 e. The second-order valence-electron chi connectivity index (χ2n) is 5.83. The molecular formula is C18H17BrF2N2O2. The van der Waals surface area contributed by atoms with Crippen molar-refractivity contribution < 1.29 is 18.3 Å². The van der Waals surface area contributed by atoms with E-state index >= 15 is 0 Å². The second kappa shape index (κ2) is 8.03. The minimum Gasteiger partial charge on any atom is -0.371 e. The number of amides is 1. The second-order valence-corrected chi connectivity index (χ2v) is 6.74. The molecule has 1 aliphatic heterocycles. The first kappa shape index (κ1) is 18.0. The molecule has 2 aromatic rings. The highest BCUT2D eigenvalue weighted by Crippen LogP contribution is 2.24. The van der Waals surface area contributed by atoms with Gasteiger partial charge >= 0.3 is 0 Å². The van der Waals surface area contributed by atoms with Crippen LogP contribution in [0.15, 0.2) is 46.9 Å². The summed E-state index contributed by atoms with van der Waals surface area (Å²) in [6, 6.07) is 11.2. The molecule has 7 heteroatoms. The molecule has 1 aliphatic rings. The molecule has 4 nitrogen and oxygen atoms in total. The number of anilines is 1. The average Bonchev–Trinajstić information content (AvgIpc) is 2.58. The predicted octanol–water partition coefficient (Wildman–Crippen LogP) is 3.74. The number of hydrogen-bond donors (Lipinski definition) is 1. The summed E-state index contributed by atoms with van der Waals surface area (Å²) in [6.45, 7) is 1.90. The van der Waals surface area contributed by atoms with Crippen molar-refractivity contribution in [2.45, 2.75) is 6.10 Å². The maximum absolute atomic E-state index is 13.2. The van der Waals surface area contributed by atoms with E-state index in [-0.39, 0.29) is 24.2 Å². The zero-order chi connectivity index (χ0) is 17.8. The lowest BCUT2D eigenvalue weighted by Crippen LogP contribution is -2.42. The lowest BCUT2D eigenvalue weighted by Gasteiger charge is -2.32. The Morgan fingerprint density at radius 2 is 2.08 bits per heavy atom. The van der Waals surface area contributed by atoms with Crippen molar-refractivity contribution in [2.24, 2.45) is 0 Å². The van der Waals surface area contributed by atoms with Gasteiger partial charge in [-0.1, -0.05) is 28.1 Å². The van der Waals surface area contributed by atoms with Gasteiger partial charge in [-0.3, -0.25) is 9.69 Å². The molecule has 1 N–H and O–H groups in total. The van der Waals surface area contributed by atoms with Crippen LogP contribution in [0.3, 0.4) is 0 Å². The van der Waals surface area contributed by atoms with Crippen LogP contribution in [0.5, 0.6) is 0 Å². The van der Waals surface area contributed by atoms with Crippen LogP contribution in [0, 0.1) is 11.6 Å². The number of morpholine rings is 1. The Bertz CT molecular complexity index is 772. The molecule has 1 unspecified atom stereocenters. The van der Waals surface area contributed by atoms with Gasteiger partial charge in [0.1, 0.15) is 0 Å². The lowest BCUT2D eigenvalue weighted by atomic mass is 10.1. The number of benzene rings is 2. The van der Waals surface area contributed by atoms with Crippen LogP contribution < -0.4 is 5.32 Å². The van der Waals surface area contributed by atoms with Gasteiger partial charge in [-0.05, 0) is 29.8 Å². The number of halogens is 3. The minimum absolute atomic E-state index is 0.109. The van der Waals surface area contributed by atoms with Crippen LogP contribution in [-0.2, 0) is 9.53 Å². The molecule has 0 saturated carbocycles. The Kier molecular flexibility index (Phi) is 5.78. The molecule has 0 aliphatic carbocycles. The maximum Gasteiger partial charge on any atom is 0.238 e. The Morgan fingerprint density at radius 3 is 2.84 bits per heavy atom. The fourth-order valence-electron chi connectivity index (χ4n) is 2.73. The molecule has 1 atom stereocenters. The third-order valence-corrected chi connectivity index (χ3v) is 4.43. The Morgan fingerprint density at radius 1 is 1.24 bits per heavy atom. The normalized spacial score (nSPS) is 18.1. The molecule has 0 bridgehead atoms. The quantitative estimate of drug-likeness (QED) is 0.834. The van der Waals surface area contributed by atoms with E-state index in [0.717, 1.165) is 22.2 Å². The van der Waals surface area contributed by atoms with Crippen molar-refractivity contribution in [1.82, 2.24) is 4.90 Å². The Labute approximate surface area is 152 Å². The predicted molar refractivity (Wildman–Crippen MR) is 94.3 cm³/mol. The van der Waals surface area contributed by atoms with Crippen LogP contribution in [0.2, 0.25) is 0 Å². The third kappa shape index (κ3) is 4.84. The Balaban J connectivity index is 1.58. The van der Waals surface area contributed by atoms with Crippen molar-refractivity contribution in [3.05, 3.63) is 64.1 Å². The zero-order valence-corrected chi connectivity index (χ0v) is 14.9. The van der Waals surface area contributed by atoms with Crippen molar-refractivity contribution >= 4 is 27.5 Å². The summed E-state index contributed by atoms with van der Waals surface area (Å²) in [5.41, 5.74) is 1.28. The van der Waals surface area contributed by atoms with Gasteiger partial charge in [-0.25, -0.2) is 8.78 Å². The maximum atomic E-state index is 13.2. The topological polar surface area (TPSA) is 41.6 Å². The summed E-state index contributed by atoms with van der Waals surface area (Å²) in [7, 11) is 0. The van der Waals surface area contributed by atoms with Gasteiger partial charge in [0.2, 0.25) is 5.91 Å². The van der Waals surface area contributed by atoms with Gasteiger partial charge in [0.05, 0.1) is 19.3 Å². The number of rotatable bonds is 4. The van der Waals surface area contributed by atoms with Crippen molar-refractivity contribution in [3.63, 3.8) is 0 Å². The van der Waals surface area contributed by atoms with Gasteiger partial charge in [0.25, 0.3) is 0 Å². The van der Waals surface area contributed by atoms with Gasteiger partial charge in [-0.15, -0.1) is 0 Å². The van der Waals surface area contributed by atoms with Gasteiger partial charge < -0.3 is 10.1 Å². The fraction of sp³-hybridized carbons (Fsp3) is 0.278. The highest BCUT2D eigenvalue weighted by Gasteiger charge is 2.23. The van der Waals surface area contributed by atoms with Crippen LogP contribution >= 0.6 is 15.9 Å². The standard InChI is InChI=1S/C18H17BrF2N2O2/c19-13-3-1-2-12(8-13)17-10-23(6-7-25-17)11-18(24)22-14-4-5-15(20)16(21)9-14/h1-5,8-9,17H,6-7,10-11H2,(H,22,24). The van der Waals surface area contributed by atoms with Crippen molar-refractivity contribution in [2.75, 3.05) is 31.6 Å².